The minimum absolute atomic E-state index is 0.0580. The molecule has 0 bridgehead atoms. The maximum Gasteiger partial charge on any atom is 0.407 e. The highest BCUT2D eigenvalue weighted by molar-refractivity contribution is 7.91. The van der Waals surface area contributed by atoms with Crippen molar-refractivity contribution in [3.8, 4) is 0 Å². The summed E-state index contributed by atoms with van der Waals surface area (Å²) in [5.41, 5.74) is -0.686. The lowest BCUT2D eigenvalue weighted by Gasteiger charge is -2.20. The molecule has 0 heterocycles. The van der Waals surface area contributed by atoms with Crippen LogP contribution in [0.2, 0.25) is 0 Å². The third-order valence-electron chi connectivity index (χ3n) is 2.48. The van der Waals surface area contributed by atoms with Crippen LogP contribution >= 0.6 is 0 Å². The van der Waals surface area contributed by atoms with Gasteiger partial charge < -0.3 is 10.1 Å². The van der Waals surface area contributed by atoms with Gasteiger partial charge in [-0.2, -0.15) is 13.2 Å². The van der Waals surface area contributed by atoms with Gasteiger partial charge in [-0.3, -0.25) is 0 Å². The van der Waals surface area contributed by atoms with Crippen LogP contribution in [-0.4, -0.2) is 32.0 Å². The topological polar surface area (TPSA) is 72.5 Å². The van der Waals surface area contributed by atoms with Crippen molar-refractivity contribution in [2.24, 2.45) is 0 Å². The number of amides is 1. The maximum atomic E-state index is 12.4. The summed E-state index contributed by atoms with van der Waals surface area (Å²) in [5, 5.41) is 2.32. The van der Waals surface area contributed by atoms with Crippen LogP contribution in [0, 0.1) is 0 Å². The second-order valence-electron chi connectivity index (χ2n) is 5.84. The van der Waals surface area contributed by atoms with Crippen LogP contribution in [0.15, 0.2) is 29.2 Å². The number of hydrogen-bond donors (Lipinski definition) is 1. The average Bonchev–Trinajstić information content (AvgIpc) is 2.31. The molecule has 1 N–H and O–H groups in total. The molecular formula is C14H18F3NO4S. The van der Waals surface area contributed by atoms with Gasteiger partial charge in [-0.15, -0.1) is 0 Å². The van der Waals surface area contributed by atoms with E-state index < -0.39 is 38.4 Å². The molecule has 0 atom stereocenters. The van der Waals surface area contributed by atoms with Gasteiger partial charge in [0.25, 0.3) is 0 Å². The summed E-state index contributed by atoms with van der Waals surface area (Å²) >= 11 is 0. The Morgan fingerprint density at radius 1 is 1.17 bits per heavy atom. The molecule has 0 saturated carbocycles. The highest BCUT2D eigenvalue weighted by Crippen LogP contribution is 2.24. The molecule has 0 aromatic heterocycles. The number of ether oxygens (including phenoxy) is 1. The molecular weight excluding hydrogens is 335 g/mol. The molecule has 0 fully saturated rings. The van der Waals surface area contributed by atoms with E-state index in [-0.39, 0.29) is 12.1 Å². The summed E-state index contributed by atoms with van der Waals surface area (Å²) in [6, 6.07) is 5.20. The average molecular weight is 353 g/mol. The van der Waals surface area contributed by atoms with Gasteiger partial charge in [-0.25, -0.2) is 13.2 Å². The van der Waals surface area contributed by atoms with Gasteiger partial charge >= 0.3 is 12.3 Å². The number of sulfone groups is 1. The van der Waals surface area contributed by atoms with Crippen LogP contribution in [0.4, 0.5) is 18.0 Å². The molecule has 9 heteroatoms. The van der Waals surface area contributed by atoms with E-state index in [1.165, 1.54) is 18.2 Å². The molecule has 1 rings (SSSR count). The standard InChI is InChI=1S/C14H18F3NO4S/c1-13(2,3)22-12(19)18-8-10-6-4-5-7-11(10)23(20,21)9-14(15,16)17/h4-7H,8-9H2,1-3H3,(H,18,19). The van der Waals surface area contributed by atoms with E-state index in [0.29, 0.717) is 0 Å². The van der Waals surface area contributed by atoms with Gasteiger partial charge in [-0.1, -0.05) is 18.2 Å². The lowest BCUT2D eigenvalue weighted by molar-refractivity contribution is -0.106. The predicted octanol–water partition coefficient (Wildman–Crippen LogP) is 3.05. The fraction of sp³-hybridized carbons (Fsp3) is 0.500. The first-order chi connectivity index (χ1) is 10.3. The summed E-state index contributed by atoms with van der Waals surface area (Å²) < 4.78 is 65.9. The lowest BCUT2D eigenvalue weighted by atomic mass is 10.2. The van der Waals surface area contributed by atoms with Crippen molar-refractivity contribution in [3.63, 3.8) is 0 Å². The molecule has 0 aliphatic carbocycles. The molecule has 0 aliphatic rings. The Labute approximate surface area is 132 Å². The zero-order chi connectivity index (χ0) is 17.9. The van der Waals surface area contributed by atoms with Gasteiger partial charge in [0, 0.05) is 6.54 Å². The number of nitrogens with one attached hydrogen (secondary N) is 1. The van der Waals surface area contributed by atoms with Crippen LogP contribution in [0.5, 0.6) is 0 Å². The van der Waals surface area contributed by atoms with Gasteiger partial charge in [0.2, 0.25) is 0 Å². The summed E-state index contributed by atoms with van der Waals surface area (Å²) in [5.74, 6) is -1.95. The van der Waals surface area contributed by atoms with E-state index in [0.717, 1.165) is 6.07 Å². The Morgan fingerprint density at radius 3 is 2.26 bits per heavy atom. The van der Waals surface area contributed by atoms with Gasteiger partial charge in [0.05, 0.1) is 4.90 Å². The fourth-order valence-corrected chi connectivity index (χ4v) is 3.14. The molecule has 0 radical (unpaired) electrons. The van der Waals surface area contributed by atoms with Gasteiger partial charge in [0.1, 0.15) is 5.60 Å². The second kappa shape index (κ2) is 6.77. The molecule has 0 aliphatic heterocycles. The van der Waals surface area contributed by atoms with Crippen LogP contribution in [0.1, 0.15) is 26.3 Å². The third kappa shape index (κ3) is 6.89. The molecule has 0 saturated heterocycles. The number of carbonyl (C=O) groups is 1. The van der Waals surface area contributed by atoms with Crippen molar-refractivity contribution in [2.75, 3.05) is 5.75 Å². The molecule has 0 unspecified atom stereocenters. The maximum absolute atomic E-state index is 12.4. The first-order valence-electron chi connectivity index (χ1n) is 6.64. The molecule has 5 nitrogen and oxygen atoms in total. The van der Waals surface area contributed by atoms with E-state index in [2.05, 4.69) is 5.32 Å². The SMILES string of the molecule is CC(C)(C)OC(=O)NCc1ccccc1S(=O)(=O)CC(F)(F)F. The van der Waals surface area contributed by atoms with Gasteiger partial charge in [-0.05, 0) is 32.4 Å². The Morgan fingerprint density at radius 2 is 1.74 bits per heavy atom. The normalized spacial score (nSPS) is 12.8. The van der Waals surface area contributed by atoms with Crippen molar-refractivity contribution in [1.82, 2.24) is 5.32 Å². The highest BCUT2D eigenvalue weighted by atomic mass is 32.2. The lowest BCUT2D eigenvalue weighted by Crippen LogP contribution is -2.32. The second-order valence-corrected chi connectivity index (χ2v) is 7.80. The molecule has 0 spiro atoms. The van der Waals surface area contributed by atoms with E-state index in [1.54, 1.807) is 20.8 Å². The molecule has 1 amide bonds. The van der Waals surface area contributed by atoms with Crippen molar-refractivity contribution < 1.29 is 31.1 Å². The first kappa shape index (κ1) is 19.3. The Kier molecular flexibility index (Phi) is 5.68. The number of carbonyl (C=O) groups excluding carboxylic acids is 1. The Bertz CT molecular complexity index is 663. The Balaban J connectivity index is 2.93. The summed E-state index contributed by atoms with van der Waals surface area (Å²) in [7, 11) is -4.55. The van der Waals surface area contributed by atoms with Crippen molar-refractivity contribution in [2.45, 2.75) is 44.0 Å². The zero-order valence-corrected chi connectivity index (χ0v) is 13.7. The van der Waals surface area contributed by atoms with E-state index in [9.17, 15) is 26.4 Å². The van der Waals surface area contributed by atoms with Gasteiger partial charge in [0.15, 0.2) is 15.6 Å². The fourth-order valence-electron chi connectivity index (χ4n) is 1.73. The van der Waals surface area contributed by atoms with E-state index in [4.69, 9.17) is 4.74 Å². The largest absolute Gasteiger partial charge is 0.444 e. The number of benzene rings is 1. The summed E-state index contributed by atoms with van der Waals surface area (Å²) in [6.07, 6.45) is -5.63. The Hall–Kier alpha value is -1.77. The van der Waals surface area contributed by atoms with E-state index >= 15 is 0 Å². The van der Waals surface area contributed by atoms with Crippen LogP contribution in [0.3, 0.4) is 0 Å². The van der Waals surface area contributed by atoms with Crippen molar-refractivity contribution in [1.29, 1.82) is 0 Å². The molecule has 1 aromatic rings. The highest BCUT2D eigenvalue weighted by Gasteiger charge is 2.36. The number of hydrogen-bond acceptors (Lipinski definition) is 4. The summed E-state index contributed by atoms with van der Waals surface area (Å²) in [6.45, 7) is 4.68. The first-order valence-corrected chi connectivity index (χ1v) is 8.30. The number of rotatable bonds is 4. The monoisotopic (exact) mass is 353 g/mol. The number of halogens is 3. The molecule has 130 valence electrons. The van der Waals surface area contributed by atoms with Crippen molar-refractivity contribution in [3.05, 3.63) is 29.8 Å². The smallest absolute Gasteiger partial charge is 0.407 e. The third-order valence-corrected chi connectivity index (χ3v) is 4.26. The molecule has 23 heavy (non-hydrogen) atoms. The summed E-state index contributed by atoms with van der Waals surface area (Å²) in [4.78, 5) is 11.1. The minimum atomic E-state index is -4.84. The van der Waals surface area contributed by atoms with Crippen molar-refractivity contribution >= 4 is 15.9 Å². The van der Waals surface area contributed by atoms with E-state index in [1.807, 2.05) is 0 Å². The van der Waals surface area contributed by atoms with Crippen LogP contribution in [0.25, 0.3) is 0 Å². The number of alkyl halides is 3. The van der Waals surface area contributed by atoms with Crippen LogP contribution in [-0.2, 0) is 21.1 Å². The predicted molar refractivity (Wildman–Crippen MR) is 77.6 cm³/mol. The van der Waals surface area contributed by atoms with Crippen LogP contribution < -0.4 is 5.32 Å². The zero-order valence-electron chi connectivity index (χ0n) is 12.9. The molecule has 1 aromatic carbocycles. The minimum Gasteiger partial charge on any atom is -0.444 e. The quantitative estimate of drug-likeness (QED) is 0.903. The number of alkyl carbamates (subject to hydrolysis) is 1.